The van der Waals surface area contributed by atoms with Gasteiger partial charge in [-0.05, 0) is 56.2 Å². The number of halogens is 1. The van der Waals surface area contributed by atoms with Gasteiger partial charge in [-0.25, -0.2) is 4.98 Å². The van der Waals surface area contributed by atoms with Crippen LogP contribution in [0.1, 0.15) is 19.8 Å². The lowest BCUT2D eigenvalue weighted by Crippen LogP contribution is -2.13. The van der Waals surface area contributed by atoms with Crippen LogP contribution >= 0.6 is 15.9 Å². The van der Waals surface area contributed by atoms with Crippen LogP contribution in [0.3, 0.4) is 0 Å². The summed E-state index contributed by atoms with van der Waals surface area (Å²) in [7, 11) is 0. The average molecular weight is 401 g/mol. The highest BCUT2D eigenvalue weighted by Gasteiger charge is 2.09. The number of ether oxygens (including phenoxy) is 2. The summed E-state index contributed by atoms with van der Waals surface area (Å²) in [6, 6.07) is 17.5. The van der Waals surface area contributed by atoms with Crippen LogP contribution in [0, 0.1) is 0 Å². The number of nitrogen functional groups attached to an aromatic ring is 1. The molecule has 1 unspecified atom stereocenters. The Morgan fingerprint density at radius 1 is 1.12 bits per heavy atom. The number of nitrogens with zero attached hydrogens (tertiary/aromatic N) is 1. The molecule has 2 N–H and O–H groups in total. The van der Waals surface area contributed by atoms with Crippen LogP contribution in [0.2, 0.25) is 0 Å². The van der Waals surface area contributed by atoms with Crippen LogP contribution < -0.4 is 15.2 Å². The van der Waals surface area contributed by atoms with E-state index in [1.165, 1.54) is 0 Å². The second kappa shape index (κ2) is 8.21. The molecule has 5 heteroatoms. The van der Waals surface area contributed by atoms with E-state index in [0.29, 0.717) is 12.4 Å². The lowest BCUT2D eigenvalue weighted by Gasteiger charge is -2.16. The molecule has 0 aliphatic heterocycles. The number of anilines is 1. The molecule has 0 aliphatic rings. The molecule has 1 aromatic heterocycles. The molecule has 0 radical (unpaired) electrons. The Labute approximate surface area is 156 Å². The van der Waals surface area contributed by atoms with Gasteiger partial charge in [-0.2, -0.15) is 0 Å². The normalized spacial score (nSPS) is 12.1. The van der Waals surface area contributed by atoms with Gasteiger partial charge in [0.25, 0.3) is 0 Å². The van der Waals surface area contributed by atoms with Gasteiger partial charge in [-0.1, -0.05) is 34.1 Å². The summed E-state index contributed by atoms with van der Waals surface area (Å²) in [4.78, 5) is 4.40. The molecule has 3 rings (SSSR count). The highest BCUT2D eigenvalue weighted by Crippen LogP contribution is 2.26. The fourth-order valence-electron chi connectivity index (χ4n) is 2.62. The molecule has 0 spiro atoms. The largest absolute Gasteiger partial charge is 0.494 e. The molecule has 0 fully saturated rings. The van der Waals surface area contributed by atoms with Gasteiger partial charge in [0.2, 0.25) is 0 Å². The molecule has 0 aliphatic carbocycles. The Bertz CT molecular complexity index is 854. The van der Waals surface area contributed by atoms with Crippen molar-refractivity contribution >= 4 is 32.7 Å². The number of nitrogens with two attached hydrogens (primary N) is 1. The molecule has 1 heterocycles. The minimum atomic E-state index is 0.0694. The van der Waals surface area contributed by atoms with Crippen LogP contribution in [0.4, 0.5) is 5.82 Å². The number of pyridine rings is 1. The first-order chi connectivity index (χ1) is 12.1. The topological polar surface area (TPSA) is 57.4 Å². The predicted molar refractivity (Wildman–Crippen MR) is 105 cm³/mol. The van der Waals surface area contributed by atoms with Crippen LogP contribution in [-0.4, -0.2) is 17.7 Å². The summed E-state index contributed by atoms with van der Waals surface area (Å²) >= 11 is 3.44. The van der Waals surface area contributed by atoms with Crippen molar-refractivity contribution in [2.45, 2.75) is 25.9 Å². The van der Waals surface area contributed by atoms with E-state index in [2.05, 4.69) is 27.8 Å². The predicted octanol–water partition coefficient (Wildman–Crippen LogP) is 5.21. The monoisotopic (exact) mass is 400 g/mol. The third-order valence-electron chi connectivity index (χ3n) is 3.85. The first-order valence-corrected chi connectivity index (χ1v) is 9.11. The van der Waals surface area contributed by atoms with Gasteiger partial charge in [-0.3, -0.25) is 0 Å². The van der Waals surface area contributed by atoms with Gasteiger partial charge < -0.3 is 15.2 Å². The number of benzene rings is 2. The third kappa shape index (κ3) is 4.86. The first-order valence-electron chi connectivity index (χ1n) is 8.32. The molecule has 0 saturated carbocycles. The number of hydrogen-bond donors (Lipinski definition) is 1. The molecule has 2 aromatic carbocycles. The minimum Gasteiger partial charge on any atom is -0.494 e. The average Bonchev–Trinajstić information content (AvgIpc) is 2.59. The summed E-state index contributed by atoms with van der Waals surface area (Å²) in [6.45, 7) is 2.72. The summed E-state index contributed by atoms with van der Waals surface area (Å²) in [5.41, 5.74) is 6.61. The third-order valence-corrected chi connectivity index (χ3v) is 4.35. The van der Waals surface area contributed by atoms with E-state index in [4.69, 9.17) is 15.2 Å². The highest BCUT2D eigenvalue weighted by atomic mass is 79.9. The van der Waals surface area contributed by atoms with E-state index in [-0.39, 0.29) is 6.10 Å². The van der Waals surface area contributed by atoms with Crippen molar-refractivity contribution < 1.29 is 9.47 Å². The van der Waals surface area contributed by atoms with Crippen molar-refractivity contribution in [1.82, 2.24) is 4.98 Å². The Morgan fingerprint density at radius 2 is 1.96 bits per heavy atom. The Kier molecular flexibility index (Phi) is 5.76. The number of para-hydroxylation sites is 1. The quantitative estimate of drug-likeness (QED) is 0.553. The van der Waals surface area contributed by atoms with E-state index in [0.717, 1.165) is 39.7 Å². The molecule has 130 valence electrons. The van der Waals surface area contributed by atoms with Crippen molar-refractivity contribution in [2.75, 3.05) is 12.3 Å². The summed E-state index contributed by atoms with van der Waals surface area (Å²) in [5, 5.41) is 1.02. The van der Waals surface area contributed by atoms with Crippen LogP contribution in [0.5, 0.6) is 11.5 Å². The number of aromatic nitrogens is 1. The van der Waals surface area contributed by atoms with Crippen molar-refractivity contribution in [3.63, 3.8) is 0 Å². The Balaban J connectivity index is 1.53. The van der Waals surface area contributed by atoms with Crippen molar-refractivity contribution in [1.29, 1.82) is 0 Å². The maximum atomic E-state index is 6.07. The smallest absolute Gasteiger partial charge is 0.146 e. The molecule has 4 nitrogen and oxygen atoms in total. The summed E-state index contributed by atoms with van der Waals surface area (Å²) < 4.78 is 12.8. The maximum Gasteiger partial charge on any atom is 0.146 e. The molecule has 3 aromatic rings. The van der Waals surface area contributed by atoms with Crippen LogP contribution in [0.25, 0.3) is 10.9 Å². The number of rotatable bonds is 7. The molecule has 0 saturated heterocycles. The first kappa shape index (κ1) is 17.5. The maximum absolute atomic E-state index is 6.07. The summed E-state index contributed by atoms with van der Waals surface area (Å²) in [5.74, 6) is 2.14. The molecule has 0 bridgehead atoms. The lowest BCUT2D eigenvalue weighted by atomic mass is 10.2. The van der Waals surface area contributed by atoms with Gasteiger partial charge in [-0.15, -0.1) is 0 Å². The molecular weight excluding hydrogens is 380 g/mol. The van der Waals surface area contributed by atoms with Crippen molar-refractivity contribution in [3.8, 4) is 11.5 Å². The zero-order chi connectivity index (χ0) is 17.6. The minimum absolute atomic E-state index is 0.0694. The summed E-state index contributed by atoms with van der Waals surface area (Å²) in [6.07, 6.45) is 1.88. The van der Waals surface area contributed by atoms with Crippen molar-refractivity contribution in [2.24, 2.45) is 0 Å². The molecule has 0 amide bonds. The van der Waals surface area contributed by atoms with Crippen LogP contribution in [0.15, 0.2) is 59.1 Å². The standard InChI is InChI=1S/C20H21BrN2O2/c1-14(5-4-12-24-17-8-3-7-16(21)13-17)25-18-9-2-6-15-10-11-19(22)23-20(15)18/h2-3,6-11,13-14H,4-5,12H2,1H3,(H2,22,23). The van der Waals surface area contributed by atoms with Gasteiger partial charge in [0, 0.05) is 9.86 Å². The zero-order valence-corrected chi connectivity index (χ0v) is 15.7. The second-order valence-electron chi connectivity index (χ2n) is 5.94. The number of hydrogen-bond acceptors (Lipinski definition) is 4. The van der Waals surface area contributed by atoms with Gasteiger partial charge in [0.1, 0.15) is 22.8 Å². The van der Waals surface area contributed by atoms with Gasteiger partial charge >= 0.3 is 0 Å². The Hall–Kier alpha value is -2.27. The molecular formula is C20H21BrN2O2. The van der Waals surface area contributed by atoms with Gasteiger partial charge in [0.15, 0.2) is 0 Å². The van der Waals surface area contributed by atoms with E-state index in [1.54, 1.807) is 6.07 Å². The fourth-order valence-corrected chi connectivity index (χ4v) is 3.00. The van der Waals surface area contributed by atoms with Crippen LogP contribution in [-0.2, 0) is 0 Å². The van der Waals surface area contributed by atoms with Crippen molar-refractivity contribution in [3.05, 3.63) is 59.1 Å². The molecule has 1 atom stereocenters. The van der Waals surface area contributed by atoms with E-state index in [1.807, 2.05) is 48.5 Å². The number of fused-ring (bicyclic) bond motifs is 1. The zero-order valence-electron chi connectivity index (χ0n) is 14.1. The Morgan fingerprint density at radius 3 is 2.80 bits per heavy atom. The van der Waals surface area contributed by atoms with E-state index in [9.17, 15) is 0 Å². The van der Waals surface area contributed by atoms with E-state index < -0.39 is 0 Å². The van der Waals surface area contributed by atoms with Gasteiger partial charge in [0.05, 0.1) is 12.7 Å². The lowest BCUT2D eigenvalue weighted by molar-refractivity contribution is 0.195. The fraction of sp³-hybridized carbons (Fsp3) is 0.250. The van der Waals surface area contributed by atoms with E-state index >= 15 is 0 Å². The highest BCUT2D eigenvalue weighted by molar-refractivity contribution is 9.10. The SMILES string of the molecule is CC(CCCOc1cccc(Br)c1)Oc1cccc2ccc(N)nc12. The second-order valence-corrected chi connectivity index (χ2v) is 6.86. The molecule has 25 heavy (non-hydrogen) atoms.